The van der Waals surface area contributed by atoms with Crippen molar-refractivity contribution in [1.82, 2.24) is 10.2 Å². The number of carbonyl (C=O) groups is 2. The summed E-state index contributed by atoms with van der Waals surface area (Å²) in [5.74, 6) is -0.0720. The Kier molecular flexibility index (Phi) is 6.42. The van der Waals surface area contributed by atoms with Gasteiger partial charge >= 0.3 is 0 Å². The number of piperidine rings is 1. The number of hydrogen-bond donors (Lipinski definition) is 1. The van der Waals surface area contributed by atoms with Crippen LogP contribution in [-0.4, -0.2) is 55.2 Å². The van der Waals surface area contributed by atoms with Gasteiger partial charge in [0.1, 0.15) is 0 Å². The summed E-state index contributed by atoms with van der Waals surface area (Å²) in [6.07, 6.45) is 3.11. The fraction of sp³-hybridized carbons (Fsp3) is 0.579. The number of ether oxygens (including phenoxy) is 2. The van der Waals surface area contributed by atoms with E-state index in [9.17, 15) is 9.59 Å². The van der Waals surface area contributed by atoms with Gasteiger partial charge in [0, 0.05) is 19.6 Å². The van der Waals surface area contributed by atoms with Crippen LogP contribution in [0.25, 0.3) is 0 Å². The Bertz CT molecular complexity index is 578. The molecule has 25 heavy (non-hydrogen) atoms. The van der Waals surface area contributed by atoms with E-state index in [0.29, 0.717) is 32.8 Å². The zero-order valence-corrected chi connectivity index (χ0v) is 14.5. The molecular formula is C19H26N2O4. The molecule has 0 aromatic heterocycles. The second-order valence-corrected chi connectivity index (χ2v) is 6.65. The lowest BCUT2D eigenvalue weighted by atomic mass is 10.1. The molecule has 0 unspecified atom stereocenters. The van der Waals surface area contributed by atoms with Gasteiger partial charge in [-0.05, 0) is 24.8 Å². The van der Waals surface area contributed by atoms with Crippen molar-refractivity contribution >= 4 is 11.8 Å². The Morgan fingerprint density at radius 1 is 1.28 bits per heavy atom. The van der Waals surface area contributed by atoms with Crippen LogP contribution in [0.2, 0.25) is 0 Å². The first-order valence-electron chi connectivity index (χ1n) is 9.03. The lowest BCUT2D eigenvalue weighted by Gasteiger charge is -2.33. The summed E-state index contributed by atoms with van der Waals surface area (Å²) in [6.45, 7) is 2.39. The zero-order chi connectivity index (χ0) is 17.5. The molecular weight excluding hydrogens is 320 g/mol. The third-order valence-corrected chi connectivity index (χ3v) is 4.70. The second kappa shape index (κ2) is 8.97. The molecule has 2 aliphatic heterocycles. The lowest BCUT2D eigenvalue weighted by Crippen LogP contribution is -2.53. The Morgan fingerprint density at radius 3 is 2.92 bits per heavy atom. The first-order valence-corrected chi connectivity index (χ1v) is 9.03. The van der Waals surface area contributed by atoms with Crippen molar-refractivity contribution in [2.45, 2.75) is 44.4 Å². The molecule has 1 aromatic rings. The Balaban J connectivity index is 1.50. The fourth-order valence-corrected chi connectivity index (χ4v) is 3.28. The maximum atomic E-state index is 12.3. The number of amides is 2. The highest BCUT2D eigenvalue weighted by molar-refractivity contribution is 5.85. The average Bonchev–Trinajstić information content (AvgIpc) is 2.64. The number of likely N-dealkylation sites (tertiary alicyclic amines) is 1. The van der Waals surface area contributed by atoms with Crippen LogP contribution in [0.5, 0.6) is 0 Å². The highest BCUT2D eigenvalue weighted by Crippen LogP contribution is 2.15. The molecule has 2 atom stereocenters. The van der Waals surface area contributed by atoms with Crippen molar-refractivity contribution in [3.8, 4) is 0 Å². The first kappa shape index (κ1) is 17.9. The van der Waals surface area contributed by atoms with Gasteiger partial charge in [0.05, 0.1) is 31.9 Å². The van der Waals surface area contributed by atoms with Crippen LogP contribution in [-0.2, 0) is 25.7 Å². The quantitative estimate of drug-likeness (QED) is 0.847. The van der Waals surface area contributed by atoms with Crippen molar-refractivity contribution in [2.24, 2.45) is 0 Å². The summed E-state index contributed by atoms with van der Waals surface area (Å²) in [5.41, 5.74) is 1.11. The van der Waals surface area contributed by atoms with E-state index in [4.69, 9.17) is 9.47 Å². The van der Waals surface area contributed by atoms with E-state index in [1.165, 1.54) is 0 Å². The van der Waals surface area contributed by atoms with Crippen LogP contribution in [0.4, 0.5) is 0 Å². The first-order chi connectivity index (χ1) is 12.2. The number of benzene rings is 1. The largest absolute Gasteiger partial charge is 0.379 e. The van der Waals surface area contributed by atoms with Gasteiger partial charge < -0.3 is 19.7 Å². The van der Waals surface area contributed by atoms with Gasteiger partial charge in [-0.15, -0.1) is 0 Å². The van der Waals surface area contributed by atoms with E-state index in [-0.39, 0.29) is 30.5 Å². The summed E-state index contributed by atoms with van der Waals surface area (Å²) in [7, 11) is 0. The van der Waals surface area contributed by atoms with Crippen LogP contribution in [0.15, 0.2) is 30.3 Å². The molecule has 6 nitrogen and oxygen atoms in total. The van der Waals surface area contributed by atoms with Gasteiger partial charge in [0.25, 0.3) is 0 Å². The highest BCUT2D eigenvalue weighted by atomic mass is 16.5. The third kappa shape index (κ3) is 5.28. The molecule has 3 rings (SSSR count). The minimum absolute atomic E-state index is 0.0678. The van der Waals surface area contributed by atoms with E-state index in [1.807, 2.05) is 30.3 Å². The number of rotatable bonds is 6. The van der Waals surface area contributed by atoms with Crippen LogP contribution in [0.1, 0.15) is 31.2 Å². The molecule has 0 aliphatic carbocycles. The number of nitrogens with one attached hydrogen (secondary N) is 1. The highest BCUT2D eigenvalue weighted by Gasteiger charge is 2.29. The molecule has 0 bridgehead atoms. The van der Waals surface area contributed by atoms with Gasteiger partial charge in [0.2, 0.25) is 11.8 Å². The van der Waals surface area contributed by atoms with Crippen LogP contribution in [0.3, 0.4) is 0 Å². The van der Waals surface area contributed by atoms with Crippen molar-refractivity contribution in [3.63, 3.8) is 0 Å². The Morgan fingerprint density at radius 2 is 2.12 bits per heavy atom. The molecule has 0 saturated carbocycles. The topological polar surface area (TPSA) is 67.9 Å². The lowest BCUT2D eigenvalue weighted by molar-refractivity contribution is -0.139. The van der Waals surface area contributed by atoms with Gasteiger partial charge in [-0.3, -0.25) is 9.59 Å². The normalized spacial score (nSPS) is 24.2. The summed E-state index contributed by atoms with van der Waals surface area (Å²) >= 11 is 0. The van der Waals surface area contributed by atoms with E-state index < -0.39 is 0 Å². The summed E-state index contributed by atoms with van der Waals surface area (Å²) < 4.78 is 11.5. The number of carbonyl (C=O) groups excluding carboxylic acids is 2. The van der Waals surface area contributed by atoms with Gasteiger partial charge in [-0.1, -0.05) is 30.3 Å². The van der Waals surface area contributed by atoms with E-state index >= 15 is 0 Å². The predicted octanol–water partition coefficient (Wildman–Crippen LogP) is 1.49. The molecule has 136 valence electrons. The van der Waals surface area contributed by atoms with Crippen LogP contribution >= 0.6 is 0 Å². The van der Waals surface area contributed by atoms with Crippen molar-refractivity contribution in [2.75, 3.05) is 26.3 Å². The van der Waals surface area contributed by atoms with E-state index in [0.717, 1.165) is 24.8 Å². The maximum Gasteiger partial charge on any atom is 0.240 e. The number of hydrogen-bond acceptors (Lipinski definition) is 4. The molecule has 2 aliphatic rings. The number of nitrogens with zero attached hydrogens (tertiary/aromatic N) is 1. The zero-order valence-electron chi connectivity index (χ0n) is 14.5. The molecule has 2 saturated heterocycles. The second-order valence-electron chi connectivity index (χ2n) is 6.65. The molecule has 0 radical (unpaired) electrons. The standard InChI is InChI=1S/C19H26N2O4/c22-18(12-21-10-5-4-8-19(21)23)20-16-14-24-11-9-17(16)25-13-15-6-2-1-3-7-15/h1-3,6-7,16-17H,4-5,8-14H2,(H,20,22)/t16-,17+/m1/s1. The molecule has 2 amide bonds. The monoisotopic (exact) mass is 346 g/mol. The molecule has 1 aromatic carbocycles. The van der Waals surface area contributed by atoms with Gasteiger partial charge in [-0.2, -0.15) is 0 Å². The van der Waals surface area contributed by atoms with Gasteiger partial charge in [0.15, 0.2) is 0 Å². The minimum Gasteiger partial charge on any atom is -0.379 e. The average molecular weight is 346 g/mol. The minimum atomic E-state index is -0.176. The predicted molar refractivity (Wildman–Crippen MR) is 92.8 cm³/mol. The Hall–Kier alpha value is -1.92. The summed E-state index contributed by atoms with van der Waals surface area (Å²) in [6, 6.07) is 9.81. The molecule has 2 fully saturated rings. The molecule has 0 spiro atoms. The van der Waals surface area contributed by atoms with Gasteiger partial charge in [-0.25, -0.2) is 0 Å². The maximum absolute atomic E-state index is 12.3. The molecule has 2 heterocycles. The third-order valence-electron chi connectivity index (χ3n) is 4.70. The fourth-order valence-electron chi connectivity index (χ4n) is 3.28. The smallest absolute Gasteiger partial charge is 0.240 e. The van der Waals surface area contributed by atoms with Crippen LogP contribution < -0.4 is 5.32 Å². The SMILES string of the molecule is O=C(CN1CCCCC1=O)N[C@@H]1COCC[C@@H]1OCc1ccccc1. The van der Waals surface area contributed by atoms with Crippen molar-refractivity contribution in [1.29, 1.82) is 0 Å². The molecule has 1 N–H and O–H groups in total. The Labute approximate surface area is 148 Å². The van der Waals surface area contributed by atoms with Crippen molar-refractivity contribution in [3.05, 3.63) is 35.9 Å². The summed E-state index contributed by atoms with van der Waals surface area (Å²) in [4.78, 5) is 25.8. The van der Waals surface area contributed by atoms with E-state index in [2.05, 4.69) is 5.32 Å². The van der Waals surface area contributed by atoms with E-state index in [1.54, 1.807) is 4.90 Å². The summed E-state index contributed by atoms with van der Waals surface area (Å²) in [5, 5.41) is 2.99. The van der Waals surface area contributed by atoms with Crippen LogP contribution in [0, 0.1) is 0 Å². The van der Waals surface area contributed by atoms with Crippen molar-refractivity contribution < 1.29 is 19.1 Å². The molecule has 6 heteroatoms.